The highest BCUT2D eigenvalue weighted by Gasteiger charge is 2.23. The van der Waals surface area contributed by atoms with E-state index in [0.29, 0.717) is 5.56 Å². The van der Waals surface area contributed by atoms with Gasteiger partial charge in [-0.1, -0.05) is 30.3 Å². The fourth-order valence-electron chi connectivity index (χ4n) is 1.64. The lowest BCUT2D eigenvalue weighted by Gasteiger charge is -2.02. The average molecular weight is 230 g/mol. The van der Waals surface area contributed by atoms with Crippen LogP contribution < -0.4 is 0 Å². The number of aromatic nitrogens is 2. The fraction of sp³-hybridized carbons (Fsp3) is 0.0833. The molecule has 0 aliphatic heterocycles. The van der Waals surface area contributed by atoms with Crippen LogP contribution in [0.1, 0.15) is 10.5 Å². The van der Waals surface area contributed by atoms with Gasteiger partial charge in [0.2, 0.25) is 0 Å². The molecule has 0 aliphatic rings. The third kappa shape index (κ3) is 1.94. The van der Waals surface area contributed by atoms with E-state index in [1.54, 1.807) is 19.2 Å². The first kappa shape index (κ1) is 11.1. The molecule has 0 saturated heterocycles. The van der Waals surface area contributed by atoms with E-state index >= 15 is 0 Å². The second-order valence-electron chi connectivity index (χ2n) is 3.53. The monoisotopic (exact) mass is 230 g/mol. The predicted octanol–water partition coefficient (Wildman–Crippen LogP) is 1.35. The van der Waals surface area contributed by atoms with Gasteiger partial charge in [0.25, 0.3) is 5.78 Å². The van der Waals surface area contributed by atoms with Gasteiger partial charge in [0.15, 0.2) is 0 Å². The lowest BCUT2D eigenvalue weighted by atomic mass is 10.0. The lowest BCUT2D eigenvalue weighted by molar-refractivity contribution is -0.131. The van der Waals surface area contributed by atoms with Crippen molar-refractivity contribution in [3.05, 3.63) is 42.2 Å². The Balaban J connectivity index is 2.58. The number of carboxylic acid groups (broad SMARTS) is 1. The molecule has 0 saturated carbocycles. The van der Waals surface area contributed by atoms with Crippen molar-refractivity contribution in [2.24, 2.45) is 7.05 Å². The number of Topliss-reactive ketones (excluding diaryl/α,β-unsaturated/α-hetero) is 1. The largest absolute Gasteiger partial charge is 0.475 e. The normalized spacial score (nSPS) is 10.2. The van der Waals surface area contributed by atoms with Crippen LogP contribution in [0.25, 0.3) is 11.1 Å². The van der Waals surface area contributed by atoms with Crippen LogP contribution in [0.4, 0.5) is 0 Å². The number of hydrogen-bond acceptors (Lipinski definition) is 3. The topological polar surface area (TPSA) is 72.2 Å². The van der Waals surface area contributed by atoms with Gasteiger partial charge < -0.3 is 5.11 Å². The first-order chi connectivity index (χ1) is 8.11. The van der Waals surface area contributed by atoms with E-state index in [1.807, 2.05) is 18.2 Å². The van der Waals surface area contributed by atoms with Crippen molar-refractivity contribution in [3.63, 3.8) is 0 Å². The van der Waals surface area contributed by atoms with Crippen molar-refractivity contribution in [2.45, 2.75) is 0 Å². The molecule has 1 aromatic carbocycles. The summed E-state index contributed by atoms with van der Waals surface area (Å²) in [5.41, 5.74) is 1.38. The van der Waals surface area contributed by atoms with E-state index in [9.17, 15) is 9.59 Å². The summed E-state index contributed by atoms with van der Waals surface area (Å²) in [4.78, 5) is 22.3. The molecular weight excluding hydrogens is 220 g/mol. The summed E-state index contributed by atoms with van der Waals surface area (Å²) < 4.78 is 1.28. The summed E-state index contributed by atoms with van der Waals surface area (Å²) >= 11 is 0. The summed E-state index contributed by atoms with van der Waals surface area (Å²) in [7, 11) is 1.54. The number of aliphatic carboxylic acids is 1. The van der Waals surface area contributed by atoms with Crippen molar-refractivity contribution in [1.29, 1.82) is 0 Å². The minimum atomic E-state index is -1.48. The molecule has 1 heterocycles. The molecule has 2 aromatic rings. The summed E-state index contributed by atoms with van der Waals surface area (Å²) in [5.74, 6) is -2.44. The zero-order valence-electron chi connectivity index (χ0n) is 9.12. The molecule has 1 aromatic heterocycles. The number of rotatable bonds is 3. The fourth-order valence-corrected chi connectivity index (χ4v) is 1.64. The van der Waals surface area contributed by atoms with E-state index in [-0.39, 0.29) is 5.69 Å². The van der Waals surface area contributed by atoms with Crippen LogP contribution in [0.3, 0.4) is 0 Å². The van der Waals surface area contributed by atoms with Crippen molar-refractivity contribution >= 4 is 11.8 Å². The van der Waals surface area contributed by atoms with Gasteiger partial charge in [0, 0.05) is 12.6 Å². The molecule has 0 spiro atoms. The maximum Gasteiger partial charge on any atom is 0.378 e. The van der Waals surface area contributed by atoms with Crippen molar-refractivity contribution in [3.8, 4) is 11.1 Å². The Kier molecular flexibility index (Phi) is 2.74. The highest BCUT2D eigenvalue weighted by atomic mass is 16.4. The van der Waals surface area contributed by atoms with Gasteiger partial charge in [0.05, 0.1) is 6.20 Å². The SMILES string of the molecule is Cn1ncc(-c2ccccc2)c1C(=O)C(=O)O. The molecule has 0 atom stereocenters. The number of ketones is 1. The van der Waals surface area contributed by atoms with Crippen LogP contribution in [0.5, 0.6) is 0 Å². The molecule has 0 amide bonds. The Bertz CT molecular complexity index is 573. The van der Waals surface area contributed by atoms with E-state index in [0.717, 1.165) is 5.56 Å². The Morgan fingerprint density at radius 3 is 2.47 bits per heavy atom. The summed E-state index contributed by atoms with van der Waals surface area (Å²) in [5, 5.41) is 12.7. The third-order valence-corrected chi connectivity index (χ3v) is 2.43. The first-order valence-electron chi connectivity index (χ1n) is 4.96. The lowest BCUT2D eigenvalue weighted by Crippen LogP contribution is -2.17. The average Bonchev–Trinajstić information content (AvgIpc) is 2.71. The maximum atomic E-state index is 11.6. The number of aryl methyl sites for hydroxylation is 1. The van der Waals surface area contributed by atoms with E-state index in [2.05, 4.69) is 5.10 Å². The van der Waals surface area contributed by atoms with Gasteiger partial charge in [-0.05, 0) is 5.56 Å². The zero-order chi connectivity index (χ0) is 12.4. The summed E-state index contributed by atoms with van der Waals surface area (Å²) in [6.45, 7) is 0. The van der Waals surface area contributed by atoms with Crippen molar-refractivity contribution in [1.82, 2.24) is 9.78 Å². The number of benzene rings is 1. The van der Waals surface area contributed by atoms with Crippen LogP contribution >= 0.6 is 0 Å². The number of carbonyl (C=O) groups is 2. The van der Waals surface area contributed by atoms with Crippen LogP contribution in [0.15, 0.2) is 36.5 Å². The van der Waals surface area contributed by atoms with Gasteiger partial charge in [0.1, 0.15) is 5.69 Å². The molecule has 86 valence electrons. The molecule has 0 fully saturated rings. The molecule has 2 rings (SSSR count). The molecule has 1 N–H and O–H groups in total. The molecule has 17 heavy (non-hydrogen) atoms. The molecule has 5 nitrogen and oxygen atoms in total. The highest BCUT2D eigenvalue weighted by molar-refractivity contribution is 6.40. The summed E-state index contributed by atoms with van der Waals surface area (Å²) in [6, 6.07) is 9.08. The van der Waals surface area contributed by atoms with Gasteiger partial charge in [-0.2, -0.15) is 5.10 Å². The smallest absolute Gasteiger partial charge is 0.378 e. The Morgan fingerprint density at radius 1 is 1.24 bits per heavy atom. The van der Waals surface area contributed by atoms with Gasteiger partial charge in [-0.15, -0.1) is 0 Å². The van der Waals surface area contributed by atoms with Gasteiger partial charge in [-0.25, -0.2) is 4.79 Å². The second-order valence-corrected chi connectivity index (χ2v) is 3.53. The van der Waals surface area contributed by atoms with Crippen molar-refractivity contribution < 1.29 is 14.7 Å². The maximum absolute atomic E-state index is 11.6. The number of hydrogen-bond donors (Lipinski definition) is 1. The van der Waals surface area contributed by atoms with Crippen LogP contribution in [-0.4, -0.2) is 26.6 Å². The van der Waals surface area contributed by atoms with Crippen LogP contribution in [0.2, 0.25) is 0 Å². The second kappa shape index (κ2) is 4.21. The minimum absolute atomic E-state index is 0.0868. The van der Waals surface area contributed by atoms with Gasteiger partial charge >= 0.3 is 5.97 Å². The zero-order valence-corrected chi connectivity index (χ0v) is 9.12. The minimum Gasteiger partial charge on any atom is -0.475 e. The summed E-state index contributed by atoms with van der Waals surface area (Å²) in [6.07, 6.45) is 1.49. The molecular formula is C12H10N2O3. The Morgan fingerprint density at radius 2 is 1.88 bits per heavy atom. The predicted molar refractivity (Wildman–Crippen MR) is 60.6 cm³/mol. The third-order valence-electron chi connectivity index (χ3n) is 2.43. The standard InChI is InChI=1S/C12H10N2O3/c1-14-10(11(15)12(16)17)9(7-13-14)8-5-3-2-4-6-8/h2-7H,1H3,(H,16,17). The van der Waals surface area contributed by atoms with E-state index in [1.165, 1.54) is 10.9 Å². The van der Waals surface area contributed by atoms with E-state index in [4.69, 9.17) is 5.11 Å². The highest BCUT2D eigenvalue weighted by Crippen LogP contribution is 2.23. The molecule has 0 bridgehead atoms. The first-order valence-corrected chi connectivity index (χ1v) is 4.96. The quantitative estimate of drug-likeness (QED) is 0.638. The number of carboxylic acids is 1. The Hall–Kier alpha value is -2.43. The van der Waals surface area contributed by atoms with Crippen LogP contribution in [0, 0.1) is 0 Å². The molecule has 5 heteroatoms. The Labute approximate surface area is 97.3 Å². The van der Waals surface area contributed by atoms with Gasteiger partial charge in [-0.3, -0.25) is 9.48 Å². The molecule has 0 unspecified atom stereocenters. The van der Waals surface area contributed by atoms with Crippen molar-refractivity contribution in [2.75, 3.05) is 0 Å². The van der Waals surface area contributed by atoms with Crippen LogP contribution in [-0.2, 0) is 11.8 Å². The molecule has 0 radical (unpaired) electrons. The van der Waals surface area contributed by atoms with E-state index < -0.39 is 11.8 Å². The number of nitrogens with zero attached hydrogens (tertiary/aromatic N) is 2. The number of carbonyl (C=O) groups excluding carboxylic acids is 1. The molecule has 0 aliphatic carbocycles.